The molecule has 0 spiro atoms. The van der Waals surface area contributed by atoms with Gasteiger partial charge in [0.05, 0.1) is 6.54 Å². The normalized spacial score (nSPS) is 31.8. The van der Waals surface area contributed by atoms with Gasteiger partial charge < -0.3 is 10.6 Å². The summed E-state index contributed by atoms with van der Waals surface area (Å²) in [6.45, 7) is 0.776. The summed E-state index contributed by atoms with van der Waals surface area (Å²) in [4.78, 5) is 26.2. The standard InChI is InChI=1S/C20H28N2O2S2/c23-18(21-3-5-25-13-17-2-1-4-26-17)12-22-19(24)20-9-14-6-15(10-20)8-16(7-14)11-20/h1-2,4,14-16H,3,5-13H2,(H,21,23)(H,22,24). The van der Waals surface area contributed by atoms with Crippen LogP contribution in [-0.2, 0) is 15.3 Å². The number of hydrogen-bond donors (Lipinski definition) is 2. The van der Waals surface area contributed by atoms with Crippen LogP contribution in [0.2, 0.25) is 0 Å². The van der Waals surface area contributed by atoms with Gasteiger partial charge in [0.2, 0.25) is 11.8 Å². The average molecular weight is 393 g/mol. The molecule has 4 fully saturated rings. The monoisotopic (exact) mass is 392 g/mol. The van der Waals surface area contributed by atoms with Crippen molar-refractivity contribution in [2.24, 2.45) is 23.2 Å². The molecule has 0 aromatic carbocycles. The van der Waals surface area contributed by atoms with Gasteiger partial charge in [-0.2, -0.15) is 11.8 Å². The first-order chi connectivity index (χ1) is 12.6. The van der Waals surface area contributed by atoms with Gasteiger partial charge in [-0.05, 0) is 67.7 Å². The molecule has 0 saturated heterocycles. The summed E-state index contributed by atoms with van der Waals surface area (Å²) in [6.07, 6.45) is 7.13. The number of rotatable bonds is 8. The van der Waals surface area contributed by atoms with Gasteiger partial charge in [0, 0.05) is 28.3 Å². The van der Waals surface area contributed by atoms with Crippen LogP contribution in [0.3, 0.4) is 0 Å². The SMILES string of the molecule is O=C(CNC(=O)C12CC3CC(CC(C3)C1)C2)NCCSCc1cccs1. The molecular formula is C20H28N2O2S2. The van der Waals surface area contributed by atoms with Crippen LogP contribution in [0.25, 0.3) is 0 Å². The van der Waals surface area contributed by atoms with Crippen molar-refractivity contribution in [2.75, 3.05) is 18.8 Å². The third-order valence-electron chi connectivity index (χ3n) is 6.32. The van der Waals surface area contributed by atoms with Gasteiger partial charge in [0.1, 0.15) is 0 Å². The minimum Gasteiger partial charge on any atom is -0.354 e. The molecule has 2 N–H and O–H groups in total. The van der Waals surface area contributed by atoms with Crippen LogP contribution < -0.4 is 10.6 Å². The Hall–Kier alpha value is -1.01. The van der Waals surface area contributed by atoms with Gasteiger partial charge in [-0.3, -0.25) is 9.59 Å². The summed E-state index contributed by atoms with van der Waals surface area (Å²) in [5, 5.41) is 7.95. The van der Waals surface area contributed by atoms with Gasteiger partial charge in [-0.25, -0.2) is 0 Å². The Bertz CT molecular complexity index is 609. The molecule has 2 amide bonds. The van der Waals surface area contributed by atoms with E-state index >= 15 is 0 Å². The summed E-state index contributed by atoms with van der Waals surface area (Å²) in [5.74, 6) is 4.21. The Morgan fingerprint density at radius 3 is 2.42 bits per heavy atom. The first-order valence-corrected chi connectivity index (χ1v) is 11.8. The maximum absolute atomic E-state index is 12.8. The Morgan fingerprint density at radius 2 is 1.81 bits per heavy atom. The molecule has 6 heteroatoms. The maximum atomic E-state index is 12.8. The van der Waals surface area contributed by atoms with E-state index in [1.807, 2.05) is 11.8 Å². The van der Waals surface area contributed by atoms with Crippen molar-refractivity contribution >= 4 is 34.9 Å². The molecule has 4 saturated carbocycles. The lowest BCUT2D eigenvalue weighted by atomic mass is 9.49. The molecule has 0 atom stereocenters. The van der Waals surface area contributed by atoms with Crippen molar-refractivity contribution in [3.8, 4) is 0 Å². The Morgan fingerprint density at radius 1 is 1.12 bits per heavy atom. The summed E-state index contributed by atoms with van der Waals surface area (Å²) < 4.78 is 0. The van der Waals surface area contributed by atoms with Gasteiger partial charge >= 0.3 is 0 Å². The van der Waals surface area contributed by atoms with Crippen molar-refractivity contribution in [2.45, 2.75) is 44.3 Å². The van der Waals surface area contributed by atoms with Gasteiger partial charge in [0.15, 0.2) is 0 Å². The number of thiophene rings is 1. The third-order valence-corrected chi connectivity index (χ3v) is 8.39. The zero-order valence-electron chi connectivity index (χ0n) is 15.2. The lowest BCUT2D eigenvalue weighted by Gasteiger charge is -2.55. The molecule has 1 aromatic rings. The summed E-state index contributed by atoms with van der Waals surface area (Å²) >= 11 is 3.59. The molecule has 1 heterocycles. The average Bonchev–Trinajstić information content (AvgIpc) is 3.11. The quantitative estimate of drug-likeness (QED) is 0.667. The zero-order chi connectivity index (χ0) is 18.0. The van der Waals surface area contributed by atoms with Crippen molar-refractivity contribution in [3.63, 3.8) is 0 Å². The van der Waals surface area contributed by atoms with Crippen LogP contribution >= 0.6 is 23.1 Å². The molecule has 142 valence electrons. The van der Waals surface area contributed by atoms with E-state index in [9.17, 15) is 9.59 Å². The molecular weight excluding hydrogens is 364 g/mol. The second kappa shape index (κ2) is 7.93. The number of hydrogen-bond acceptors (Lipinski definition) is 4. The fraction of sp³-hybridized carbons (Fsp3) is 0.700. The molecule has 0 unspecified atom stereocenters. The predicted octanol–water partition coefficient (Wildman–Crippen LogP) is 3.43. The second-order valence-corrected chi connectivity index (χ2v) is 10.5. The molecule has 0 radical (unpaired) electrons. The zero-order valence-corrected chi connectivity index (χ0v) is 16.8. The number of thioether (sulfide) groups is 1. The Labute approximate surface area is 163 Å². The van der Waals surface area contributed by atoms with Crippen molar-refractivity contribution in [3.05, 3.63) is 22.4 Å². The lowest BCUT2D eigenvalue weighted by molar-refractivity contribution is -0.147. The predicted molar refractivity (Wildman–Crippen MR) is 107 cm³/mol. The van der Waals surface area contributed by atoms with E-state index in [2.05, 4.69) is 28.1 Å². The third kappa shape index (κ3) is 4.11. The molecule has 4 nitrogen and oxygen atoms in total. The van der Waals surface area contributed by atoms with E-state index in [-0.39, 0.29) is 23.8 Å². The lowest BCUT2D eigenvalue weighted by Crippen LogP contribution is -2.54. The topological polar surface area (TPSA) is 58.2 Å². The minimum atomic E-state index is -0.161. The Kier molecular flexibility index (Phi) is 5.60. The molecule has 4 bridgehead atoms. The van der Waals surface area contributed by atoms with Crippen LogP contribution in [0.5, 0.6) is 0 Å². The van der Waals surface area contributed by atoms with E-state index in [1.54, 1.807) is 11.3 Å². The molecule has 26 heavy (non-hydrogen) atoms. The smallest absolute Gasteiger partial charge is 0.239 e. The van der Waals surface area contributed by atoms with E-state index in [0.717, 1.165) is 48.5 Å². The highest BCUT2D eigenvalue weighted by Gasteiger charge is 2.54. The van der Waals surface area contributed by atoms with Crippen molar-refractivity contribution in [1.29, 1.82) is 0 Å². The molecule has 5 rings (SSSR count). The first-order valence-electron chi connectivity index (χ1n) is 9.78. The highest BCUT2D eigenvalue weighted by molar-refractivity contribution is 7.98. The molecule has 1 aromatic heterocycles. The summed E-state index contributed by atoms with van der Waals surface area (Å²) in [6, 6.07) is 4.20. The highest BCUT2D eigenvalue weighted by Crippen LogP contribution is 2.60. The fourth-order valence-electron chi connectivity index (χ4n) is 5.63. The molecule has 0 aliphatic heterocycles. The number of carbonyl (C=O) groups is 2. The van der Waals surface area contributed by atoms with Crippen LogP contribution in [0.1, 0.15) is 43.4 Å². The van der Waals surface area contributed by atoms with E-state index in [0.29, 0.717) is 6.54 Å². The summed E-state index contributed by atoms with van der Waals surface area (Å²) in [5.41, 5.74) is -0.161. The van der Waals surface area contributed by atoms with Crippen LogP contribution in [-0.4, -0.2) is 30.7 Å². The highest BCUT2D eigenvalue weighted by atomic mass is 32.2. The van der Waals surface area contributed by atoms with E-state index in [1.165, 1.54) is 24.1 Å². The summed E-state index contributed by atoms with van der Waals surface area (Å²) in [7, 11) is 0. The minimum absolute atomic E-state index is 0.0696. The van der Waals surface area contributed by atoms with E-state index < -0.39 is 0 Å². The number of amides is 2. The Balaban J connectivity index is 1.15. The molecule has 4 aliphatic carbocycles. The van der Waals surface area contributed by atoms with Crippen LogP contribution in [0.4, 0.5) is 0 Å². The number of nitrogens with one attached hydrogen (secondary N) is 2. The van der Waals surface area contributed by atoms with Gasteiger partial charge in [-0.1, -0.05) is 6.07 Å². The van der Waals surface area contributed by atoms with E-state index in [4.69, 9.17) is 0 Å². The second-order valence-electron chi connectivity index (χ2n) is 8.36. The number of carbonyl (C=O) groups excluding carboxylic acids is 2. The largest absolute Gasteiger partial charge is 0.354 e. The van der Waals surface area contributed by atoms with Gasteiger partial charge in [-0.15, -0.1) is 11.3 Å². The van der Waals surface area contributed by atoms with Crippen molar-refractivity contribution in [1.82, 2.24) is 10.6 Å². The van der Waals surface area contributed by atoms with Crippen LogP contribution in [0, 0.1) is 23.2 Å². The molecule has 4 aliphatic rings. The van der Waals surface area contributed by atoms with Gasteiger partial charge in [0.25, 0.3) is 0 Å². The van der Waals surface area contributed by atoms with Crippen molar-refractivity contribution < 1.29 is 9.59 Å². The van der Waals surface area contributed by atoms with Crippen LogP contribution in [0.15, 0.2) is 17.5 Å². The first kappa shape index (κ1) is 18.4. The maximum Gasteiger partial charge on any atom is 0.239 e. The fourth-order valence-corrected chi connectivity index (χ4v) is 7.33.